The fraction of sp³-hybridized carbons (Fsp3) is 0.538. The summed E-state index contributed by atoms with van der Waals surface area (Å²) in [4.78, 5) is 16.2. The van der Waals surface area contributed by atoms with Crippen LogP contribution in [0.5, 0.6) is 0 Å². The Balaban J connectivity index is 1.92. The molecule has 0 radical (unpaired) electrons. The van der Waals surface area contributed by atoms with E-state index in [9.17, 15) is 4.79 Å². The van der Waals surface area contributed by atoms with E-state index in [2.05, 4.69) is 41.3 Å². The highest BCUT2D eigenvalue weighted by molar-refractivity contribution is 7.11. The predicted molar refractivity (Wildman–Crippen MR) is 84.7 cm³/mol. The van der Waals surface area contributed by atoms with Crippen molar-refractivity contribution in [2.45, 2.75) is 39.2 Å². The van der Waals surface area contributed by atoms with E-state index in [0.717, 1.165) is 15.0 Å². The van der Waals surface area contributed by atoms with Crippen LogP contribution in [0.15, 0.2) is 5.38 Å². The Hall–Kier alpha value is -1.38. The number of nitrogens with one attached hydrogen (secondary N) is 1. The molecule has 0 atom stereocenters. The Bertz CT molecular complexity index is 614. The summed E-state index contributed by atoms with van der Waals surface area (Å²) < 4.78 is 0. The number of rotatable bonds is 5. The normalized spacial score (nSPS) is 11.6. The molecular formula is C13H19N5OS2. The van der Waals surface area contributed by atoms with Crippen molar-refractivity contribution in [3.63, 3.8) is 0 Å². The van der Waals surface area contributed by atoms with Crippen LogP contribution in [0, 0.1) is 0 Å². The van der Waals surface area contributed by atoms with Gasteiger partial charge in [-0.05, 0) is 6.54 Å². The third-order valence-electron chi connectivity index (χ3n) is 2.65. The molecule has 0 aliphatic carbocycles. The van der Waals surface area contributed by atoms with Gasteiger partial charge in [0.25, 0.3) is 5.91 Å². The second-order valence-electron chi connectivity index (χ2n) is 5.60. The molecule has 2 aromatic heterocycles. The Morgan fingerprint density at radius 1 is 1.33 bits per heavy atom. The lowest BCUT2D eigenvalue weighted by atomic mass is 9.98. The Morgan fingerprint density at radius 2 is 2.10 bits per heavy atom. The number of thiazole rings is 1. The minimum atomic E-state index is -0.193. The standard InChI is InChI=1S/C13H19N5OS2/c1-13(2,3)12-18-17-10(21-12)6-15-11(19)8-7-20-9(16-8)4-5-14/h7H,4-6,14H2,1-3H3,(H,15,19). The molecule has 0 aliphatic heterocycles. The van der Waals surface area contributed by atoms with Crippen LogP contribution < -0.4 is 11.1 Å². The first-order chi connectivity index (χ1) is 9.90. The quantitative estimate of drug-likeness (QED) is 0.873. The van der Waals surface area contributed by atoms with Gasteiger partial charge in [0.05, 0.1) is 11.6 Å². The summed E-state index contributed by atoms with van der Waals surface area (Å²) in [5.74, 6) is -0.193. The first-order valence-electron chi connectivity index (χ1n) is 6.65. The van der Waals surface area contributed by atoms with Gasteiger partial charge in [0.15, 0.2) is 0 Å². The highest BCUT2D eigenvalue weighted by Crippen LogP contribution is 2.25. The van der Waals surface area contributed by atoms with Gasteiger partial charge in [-0.2, -0.15) is 0 Å². The molecule has 21 heavy (non-hydrogen) atoms. The van der Waals surface area contributed by atoms with Crippen LogP contribution in [0.1, 0.15) is 46.3 Å². The zero-order valence-corrected chi connectivity index (χ0v) is 14.0. The number of aromatic nitrogens is 3. The lowest BCUT2D eigenvalue weighted by Crippen LogP contribution is -2.23. The van der Waals surface area contributed by atoms with E-state index in [-0.39, 0.29) is 11.3 Å². The van der Waals surface area contributed by atoms with Gasteiger partial charge in [0.1, 0.15) is 15.7 Å². The zero-order valence-electron chi connectivity index (χ0n) is 12.3. The molecule has 6 nitrogen and oxygen atoms in total. The van der Waals surface area contributed by atoms with Crippen LogP contribution in [0.2, 0.25) is 0 Å². The van der Waals surface area contributed by atoms with Crippen molar-refractivity contribution in [2.75, 3.05) is 6.54 Å². The summed E-state index contributed by atoms with van der Waals surface area (Å²) in [6, 6.07) is 0. The monoisotopic (exact) mass is 325 g/mol. The van der Waals surface area contributed by atoms with Gasteiger partial charge in [-0.1, -0.05) is 32.1 Å². The lowest BCUT2D eigenvalue weighted by Gasteiger charge is -2.12. The number of carbonyl (C=O) groups is 1. The molecule has 0 saturated heterocycles. The van der Waals surface area contributed by atoms with Gasteiger partial charge < -0.3 is 11.1 Å². The van der Waals surface area contributed by atoms with E-state index in [0.29, 0.717) is 25.2 Å². The molecule has 0 aromatic carbocycles. The summed E-state index contributed by atoms with van der Waals surface area (Å²) in [6.45, 7) is 7.17. The van der Waals surface area contributed by atoms with Crippen molar-refractivity contribution in [1.29, 1.82) is 0 Å². The molecule has 0 unspecified atom stereocenters. The van der Waals surface area contributed by atoms with Crippen LogP contribution in [-0.2, 0) is 18.4 Å². The fourth-order valence-electron chi connectivity index (χ4n) is 1.53. The molecule has 114 valence electrons. The van der Waals surface area contributed by atoms with Crippen LogP contribution in [-0.4, -0.2) is 27.6 Å². The maximum absolute atomic E-state index is 12.0. The van der Waals surface area contributed by atoms with Crippen LogP contribution >= 0.6 is 22.7 Å². The molecule has 2 heterocycles. The van der Waals surface area contributed by atoms with E-state index in [4.69, 9.17) is 5.73 Å². The van der Waals surface area contributed by atoms with E-state index >= 15 is 0 Å². The average Bonchev–Trinajstić information content (AvgIpc) is 3.04. The minimum absolute atomic E-state index is 0.0219. The molecular weight excluding hydrogens is 306 g/mol. The highest BCUT2D eigenvalue weighted by atomic mass is 32.1. The first-order valence-corrected chi connectivity index (χ1v) is 8.35. The summed E-state index contributed by atoms with van der Waals surface area (Å²) in [5, 5.41) is 15.5. The Kier molecular flexibility index (Phi) is 5.02. The maximum Gasteiger partial charge on any atom is 0.271 e. The largest absolute Gasteiger partial charge is 0.344 e. The highest BCUT2D eigenvalue weighted by Gasteiger charge is 2.19. The van der Waals surface area contributed by atoms with E-state index in [1.165, 1.54) is 22.7 Å². The summed E-state index contributed by atoms with van der Waals surface area (Å²) in [5.41, 5.74) is 5.88. The molecule has 0 bridgehead atoms. The SMILES string of the molecule is CC(C)(C)c1nnc(CNC(=O)c2csc(CCN)n2)s1. The van der Waals surface area contributed by atoms with Crippen LogP contribution in [0.4, 0.5) is 0 Å². The van der Waals surface area contributed by atoms with Gasteiger partial charge in [-0.25, -0.2) is 4.98 Å². The molecule has 0 fully saturated rings. The topological polar surface area (TPSA) is 93.8 Å². The van der Waals surface area contributed by atoms with Crippen LogP contribution in [0.3, 0.4) is 0 Å². The maximum atomic E-state index is 12.0. The number of hydrogen-bond acceptors (Lipinski definition) is 7. The van der Waals surface area contributed by atoms with Gasteiger partial charge in [0.2, 0.25) is 0 Å². The van der Waals surface area contributed by atoms with E-state index in [1.807, 2.05) is 0 Å². The van der Waals surface area contributed by atoms with Gasteiger partial charge in [0, 0.05) is 17.2 Å². The summed E-state index contributed by atoms with van der Waals surface area (Å²) >= 11 is 2.97. The molecule has 1 amide bonds. The average molecular weight is 325 g/mol. The summed E-state index contributed by atoms with van der Waals surface area (Å²) in [6.07, 6.45) is 0.698. The summed E-state index contributed by atoms with van der Waals surface area (Å²) in [7, 11) is 0. The lowest BCUT2D eigenvalue weighted by molar-refractivity contribution is 0.0946. The Labute approximate surface area is 131 Å². The van der Waals surface area contributed by atoms with Crippen molar-refractivity contribution >= 4 is 28.6 Å². The first kappa shape index (κ1) is 16.0. The van der Waals surface area contributed by atoms with Gasteiger partial charge in [-0.3, -0.25) is 4.79 Å². The molecule has 2 aromatic rings. The predicted octanol–water partition coefficient (Wildman–Crippen LogP) is 1.72. The third-order valence-corrected chi connectivity index (χ3v) is 4.91. The number of amides is 1. The third kappa shape index (κ3) is 4.29. The number of nitrogens with zero attached hydrogens (tertiary/aromatic N) is 3. The number of hydrogen-bond donors (Lipinski definition) is 2. The number of nitrogens with two attached hydrogens (primary N) is 1. The molecule has 3 N–H and O–H groups in total. The molecule has 0 spiro atoms. The molecule has 8 heteroatoms. The fourth-order valence-corrected chi connectivity index (χ4v) is 3.16. The number of carbonyl (C=O) groups excluding carboxylic acids is 1. The smallest absolute Gasteiger partial charge is 0.271 e. The van der Waals surface area contributed by atoms with Crippen molar-refractivity contribution in [2.24, 2.45) is 5.73 Å². The van der Waals surface area contributed by atoms with Crippen molar-refractivity contribution < 1.29 is 4.79 Å². The van der Waals surface area contributed by atoms with E-state index in [1.54, 1.807) is 5.38 Å². The second kappa shape index (κ2) is 6.59. The molecule has 0 saturated carbocycles. The minimum Gasteiger partial charge on any atom is -0.344 e. The Morgan fingerprint density at radius 3 is 2.71 bits per heavy atom. The molecule has 0 aliphatic rings. The van der Waals surface area contributed by atoms with Crippen LogP contribution in [0.25, 0.3) is 0 Å². The zero-order chi connectivity index (χ0) is 15.5. The van der Waals surface area contributed by atoms with Gasteiger partial charge in [-0.15, -0.1) is 21.5 Å². The van der Waals surface area contributed by atoms with Crippen molar-refractivity contribution in [3.8, 4) is 0 Å². The second-order valence-corrected chi connectivity index (χ2v) is 7.60. The van der Waals surface area contributed by atoms with E-state index < -0.39 is 0 Å². The van der Waals surface area contributed by atoms with Crippen molar-refractivity contribution in [1.82, 2.24) is 20.5 Å². The van der Waals surface area contributed by atoms with Gasteiger partial charge >= 0.3 is 0 Å². The van der Waals surface area contributed by atoms with Crippen molar-refractivity contribution in [3.05, 3.63) is 26.1 Å². The molecule has 2 rings (SSSR count).